The van der Waals surface area contributed by atoms with E-state index in [1.165, 1.54) is 23.8 Å². The number of carboxylic acid groups (broad SMARTS) is 1. The van der Waals surface area contributed by atoms with Gasteiger partial charge in [-0.25, -0.2) is 8.42 Å². The molecular formula is C29H41ClN4O7S. The number of carbonyl (C=O) groups excluding carboxylic acids is 3. The fraction of sp³-hybridized carbons (Fsp3) is 0.586. The maximum atomic E-state index is 13.6. The second kappa shape index (κ2) is 15.6. The van der Waals surface area contributed by atoms with Gasteiger partial charge in [-0.2, -0.15) is 4.31 Å². The van der Waals surface area contributed by atoms with Crippen molar-refractivity contribution in [2.24, 2.45) is 0 Å². The monoisotopic (exact) mass is 624 g/mol. The number of hydrogen-bond acceptors (Lipinski definition) is 7. The van der Waals surface area contributed by atoms with Crippen LogP contribution in [0.4, 0.5) is 0 Å². The lowest BCUT2D eigenvalue weighted by Crippen LogP contribution is -2.53. The molecular weight excluding hydrogens is 584 g/mol. The maximum Gasteiger partial charge on any atom is 0.290 e. The molecule has 3 aliphatic heterocycles. The molecule has 1 N–H and O–H groups in total. The molecule has 232 valence electrons. The molecule has 0 bridgehead atoms. The molecule has 4 rings (SSSR count). The van der Waals surface area contributed by atoms with Crippen molar-refractivity contribution >= 4 is 51.8 Å². The van der Waals surface area contributed by atoms with Crippen molar-refractivity contribution in [1.29, 1.82) is 0 Å². The molecule has 0 aromatic heterocycles. The number of Topliss-reactive ketones (excluding diaryl/α,β-unsaturated/α-hetero) is 1. The molecule has 0 spiro atoms. The van der Waals surface area contributed by atoms with E-state index in [2.05, 4.69) is 4.90 Å². The first-order valence-electron chi connectivity index (χ1n) is 14.4. The van der Waals surface area contributed by atoms with E-state index in [-0.39, 0.29) is 50.1 Å². The quantitative estimate of drug-likeness (QED) is 0.371. The summed E-state index contributed by atoms with van der Waals surface area (Å²) in [5.74, 6) is -0.804. The van der Waals surface area contributed by atoms with Crippen LogP contribution in [-0.2, 0) is 29.2 Å². The smallest absolute Gasteiger partial charge is 0.290 e. The maximum absolute atomic E-state index is 13.6. The standard InChI is InChI=1S/C28H39ClN4O5S.CH2O2/c1-3-25(34)20-33(39(37,38)18-13-22-8-10-23(29)11-9-22)26-12-17-31(28(26)36)21(2)27(35)32-16-6-7-24(32)19-30-14-4-5-15-30;2-1-3/h8-11,13,18,21,24,26H,3-7,12,14-17,19-20H2,1-2H3;1H,(H,2,3)/b18-13+;/t21-,24-,26-;/m0./s1. The summed E-state index contributed by atoms with van der Waals surface area (Å²) in [7, 11) is -4.11. The predicted octanol–water partition coefficient (Wildman–Crippen LogP) is 2.70. The highest BCUT2D eigenvalue weighted by atomic mass is 35.5. The zero-order valence-electron chi connectivity index (χ0n) is 24.2. The molecule has 3 saturated heterocycles. The van der Waals surface area contributed by atoms with E-state index in [1.807, 2.05) is 4.90 Å². The summed E-state index contributed by atoms with van der Waals surface area (Å²) < 4.78 is 27.8. The van der Waals surface area contributed by atoms with Gasteiger partial charge in [0, 0.05) is 42.5 Å². The molecule has 3 aliphatic rings. The summed E-state index contributed by atoms with van der Waals surface area (Å²) in [6.07, 6.45) is 6.07. The first-order chi connectivity index (χ1) is 20.0. The van der Waals surface area contributed by atoms with Crippen LogP contribution in [0.3, 0.4) is 0 Å². The third kappa shape index (κ3) is 8.62. The second-order valence-electron chi connectivity index (χ2n) is 10.8. The Hall–Kier alpha value is -2.80. The van der Waals surface area contributed by atoms with Crippen LogP contribution >= 0.6 is 11.6 Å². The Kier molecular flexibility index (Phi) is 12.5. The Balaban J connectivity index is 0.00000155. The Morgan fingerprint density at radius 3 is 2.36 bits per heavy atom. The molecule has 0 saturated carbocycles. The van der Waals surface area contributed by atoms with Crippen LogP contribution in [0.15, 0.2) is 29.7 Å². The van der Waals surface area contributed by atoms with Crippen molar-refractivity contribution in [1.82, 2.24) is 19.0 Å². The van der Waals surface area contributed by atoms with Gasteiger partial charge in [-0.1, -0.05) is 30.7 Å². The Bertz CT molecular complexity index is 1230. The minimum absolute atomic E-state index is 0.0904. The Morgan fingerprint density at radius 1 is 1.10 bits per heavy atom. The number of sulfonamides is 1. The first-order valence-corrected chi connectivity index (χ1v) is 16.3. The van der Waals surface area contributed by atoms with E-state index in [9.17, 15) is 22.8 Å². The van der Waals surface area contributed by atoms with Gasteiger partial charge in [-0.15, -0.1) is 0 Å². The first kappa shape index (κ1) is 33.7. The number of amides is 2. The molecule has 1 aromatic carbocycles. The van der Waals surface area contributed by atoms with E-state index in [0.717, 1.165) is 42.2 Å². The molecule has 42 heavy (non-hydrogen) atoms. The van der Waals surface area contributed by atoms with Crippen molar-refractivity contribution < 1.29 is 32.7 Å². The summed E-state index contributed by atoms with van der Waals surface area (Å²) >= 11 is 5.92. The number of likely N-dealkylation sites (tertiary alicyclic amines) is 3. The molecule has 3 heterocycles. The van der Waals surface area contributed by atoms with Crippen LogP contribution < -0.4 is 0 Å². The van der Waals surface area contributed by atoms with E-state index in [4.69, 9.17) is 21.5 Å². The van der Waals surface area contributed by atoms with Crippen molar-refractivity contribution in [3.8, 4) is 0 Å². The topological polar surface area (TPSA) is 136 Å². The number of hydrogen-bond donors (Lipinski definition) is 1. The van der Waals surface area contributed by atoms with Gasteiger partial charge in [0.2, 0.25) is 21.8 Å². The molecule has 11 nitrogen and oxygen atoms in total. The normalized spacial score (nSPS) is 22.0. The summed E-state index contributed by atoms with van der Waals surface area (Å²) in [6.45, 7) is 6.67. The fourth-order valence-electron chi connectivity index (χ4n) is 5.77. The Labute approximate surface area is 253 Å². The molecule has 2 amide bonds. The average Bonchev–Trinajstić information content (AvgIpc) is 3.73. The van der Waals surface area contributed by atoms with Gasteiger partial charge in [0.1, 0.15) is 17.9 Å². The molecule has 13 heteroatoms. The van der Waals surface area contributed by atoms with E-state index in [1.54, 1.807) is 38.1 Å². The number of halogens is 1. The minimum atomic E-state index is -4.11. The van der Waals surface area contributed by atoms with Crippen LogP contribution in [0.25, 0.3) is 6.08 Å². The lowest BCUT2D eigenvalue weighted by molar-refractivity contribution is -0.144. The summed E-state index contributed by atoms with van der Waals surface area (Å²) in [5.41, 5.74) is 0.623. The van der Waals surface area contributed by atoms with Crippen molar-refractivity contribution in [2.45, 2.75) is 70.5 Å². The second-order valence-corrected chi connectivity index (χ2v) is 13.0. The zero-order chi connectivity index (χ0) is 30.9. The van der Waals surface area contributed by atoms with Gasteiger partial charge in [0.15, 0.2) is 0 Å². The lowest BCUT2D eigenvalue weighted by atomic mass is 10.2. The minimum Gasteiger partial charge on any atom is -0.483 e. The highest BCUT2D eigenvalue weighted by Gasteiger charge is 2.45. The summed E-state index contributed by atoms with van der Waals surface area (Å²) in [4.78, 5) is 53.7. The number of benzene rings is 1. The van der Waals surface area contributed by atoms with Gasteiger partial charge >= 0.3 is 0 Å². The van der Waals surface area contributed by atoms with E-state index in [0.29, 0.717) is 17.1 Å². The Morgan fingerprint density at radius 2 is 1.74 bits per heavy atom. The largest absolute Gasteiger partial charge is 0.483 e. The number of rotatable bonds is 11. The van der Waals surface area contributed by atoms with Crippen LogP contribution in [0.5, 0.6) is 0 Å². The van der Waals surface area contributed by atoms with Gasteiger partial charge in [0.25, 0.3) is 6.47 Å². The summed E-state index contributed by atoms with van der Waals surface area (Å²) in [6, 6.07) is 5.08. The molecule has 0 radical (unpaired) electrons. The van der Waals surface area contributed by atoms with Gasteiger partial charge in [-0.3, -0.25) is 19.2 Å². The molecule has 3 atom stereocenters. The zero-order valence-corrected chi connectivity index (χ0v) is 25.8. The van der Waals surface area contributed by atoms with E-state index >= 15 is 0 Å². The number of carbonyl (C=O) groups is 4. The van der Waals surface area contributed by atoms with Gasteiger partial charge in [0.05, 0.1) is 6.54 Å². The molecule has 0 unspecified atom stereocenters. The number of nitrogens with zero attached hydrogens (tertiary/aromatic N) is 4. The van der Waals surface area contributed by atoms with Crippen LogP contribution in [0.2, 0.25) is 5.02 Å². The van der Waals surface area contributed by atoms with Crippen LogP contribution in [0.1, 0.15) is 57.9 Å². The van der Waals surface area contributed by atoms with Gasteiger partial charge < -0.3 is 19.8 Å². The van der Waals surface area contributed by atoms with Gasteiger partial charge in [-0.05, 0) is 75.9 Å². The number of ketones is 1. The summed E-state index contributed by atoms with van der Waals surface area (Å²) in [5, 5.41) is 8.44. The molecule has 0 aliphatic carbocycles. The molecule has 1 aromatic rings. The third-order valence-electron chi connectivity index (χ3n) is 8.07. The highest BCUT2D eigenvalue weighted by Crippen LogP contribution is 2.27. The highest BCUT2D eigenvalue weighted by molar-refractivity contribution is 7.92. The third-order valence-corrected chi connectivity index (χ3v) is 9.84. The lowest BCUT2D eigenvalue weighted by Gasteiger charge is -2.33. The van der Waals surface area contributed by atoms with Crippen molar-refractivity contribution in [2.75, 3.05) is 39.3 Å². The van der Waals surface area contributed by atoms with Crippen LogP contribution in [0, 0.1) is 0 Å². The molecule has 3 fully saturated rings. The van der Waals surface area contributed by atoms with E-state index < -0.39 is 28.0 Å². The fourth-order valence-corrected chi connectivity index (χ4v) is 7.26. The van der Waals surface area contributed by atoms with Crippen LogP contribution in [-0.4, -0.2) is 114 Å². The predicted molar refractivity (Wildman–Crippen MR) is 160 cm³/mol. The SMILES string of the molecule is CCC(=O)CN([C@H]1CCN([C@@H](C)C(=O)N2CCC[C@H]2CN2CCCC2)C1=O)S(=O)(=O)/C=C/c1ccc(Cl)cc1.O=CO. The average molecular weight is 625 g/mol. The van der Waals surface area contributed by atoms with Crippen molar-refractivity contribution in [3.05, 3.63) is 40.3 Å². The van der Waals surface area contributed by atoms with Crippen molar-refractivity contribution in [3.63, 3.8) is 0 Å².